The standard InChI is InChI=1S/2C6H11NO3.Fe/c2*1-3-7-5(4(2)8)6(9)10;/h2*3-5,8H,1-2H3,(H,9,10);. The van der Waals surface area contributed by atoms with Crippen LogP contribution in [-0.4, -0.2) is 69.1 Å². The molecule has 0 bridgehead atoms. The van der Waals surface area contributed by atoms with Gasteiger partial charge in [-0.3, -0.25) is 9.98 Å². The maximum atomic E-state index is 10.3. The number of aliphatic imine (C=N–C) groups is 2. The number of aliphatic hydroxyl groups excluding tert-OH is 2. The van der Waals surface area contributed by atoms with Crippen LogP contribution in [0.5, 0.6) is 0 Å². The molecular weight excluding hydrogens is 324 g/mol. The molecule has 0 heterocycles. The Morgan fingerprint density at radius 2 is 1.10 bits per heavy atom. The van der Waals surface area contributed by atoms with Gasteiger partial charge < -0.3 is 20.4 Å². The number of nitrogens with zero attached hydrogens (tertiary/aromatic N) is 2. The summed E-state index contributed by atoms with van der Waals surface area (Å²) in [6.07, 6.45) is 0.860. The molecule has 0 aromatic carbocycles. The number of aliphatic carboxylic acids is 2. The van der Waals surface area contributed by atoms with Crippen LogP contribution in [0.3, 0.4) is 0 Å². The first kappa shape index (κ1) is 24.7. The van der Waals surface area contributed by atoms with Gasteiger partial charge in [0.15, 0.2) is 12.1 Å². The van der Waals surface area contributed by atoms with Crippen molar-refractivity contribution in [3.63, 3.8) is 0 Å². The van der Waals surface area contributed by atoms with E-state index in [2.05, 4.69) is 9.98 Å². The maximum Gasteiger partial charge on any atom is 0.331 e. The minimum absolute atomic E-state index is 0. The van der Waals surface area contributed by atoms with Crippen LogP contribution in [0.2, 0.25) is 0 Å². The van der Waals surface area contributed by atoms with Crippen molar-refractivity contribution < 1.29 is 47.1 Å². The summed E-state index contributed by atoms with van der Waals surface area (Å²) in [5.41, 5.74) is 0. The van der Waals surface area contributed by atoms with E-state index in [0.29, 0.717) is 0 Å². The van der Waals surface area contributed by atoms with Crippen molar-refractivity contribution >= 4 is 24.4 Å². The normalized spacial score (nSPS) is 16.3. The van der Waals surface area contributed by atoms with E-state index in [4.69, 9.17) is 20.4 Å². The molecule has 0 saturated carbocycles. The number of rotatable bonds is 6. The summed E-state index contributed by atoms with van der Waals surface area (Å²) in [7, 11) is 0. The predicted molar refractivity (Wildman–Crippen MR) is 74.5 cm³/mol. The molecule has 0 spiro atoms. The average Bonchev–Trinajstić information content (AvgIpc) is 2.32. The molecule has 4 N–H and O–H groups in total. The second-order valence-corrected chi connectivity index (χ2v) is 3.86. The van der Waals surface area contributed by atoms with Crippen LogP contribution in [0.4, 0.5) is 0 Å². The van der Waals surface area contributed by atoms with Gasteiger partial charge in [0.25, 0.3) is 0 Å². The molecule has 0 aliphatic rings. The Labute approximate surface area is 134 Å². The first-order valence-corrected chi connectivity index (χ1v) is 5.96. The molecule has 0 fully saturated rings. The van der Waals surface area contributed by atoms with Gasteiger partial charge in [-0.15, -0.1) is 0 Å². The number of carboxylic acids is 2. The fraction of sp³-hybridized carbons (Fsp3) is 0.667. The zero-order valence-corrected chi connectivity index (χ0v) is 13.4. The molecule has 4 unspecified atom stereocenters. The van der Waals surface area contributed by atoms with Crippen LogP contribution >= 0.6 is 0 Å². The molecule has 0 radical (unpaired) electrons. The van der Waals surface area contributed by atoms with Gasteiger partial charge in [-0.2, -0.15) is 0 Å². The number of carbonyl (C=O) groups is 2. The van der Waals surface area contributed by atoms with Crippen molar-refractivity contribution in [1.29, 1.82) is 0 Å². The Bertz CT molecular complexity index is 324. The quantitative estimate of drug-likeness (QED) is 0.389. The zero-order valence-electron chi connectivity index (χ0n) is 12.3. The third-order valence-corrected chi connectivity index (χ3v) is 2.04. The Kier molecular flexibility index (Phi) is 16.1. The number of hydrogen-bond acceptors (Lipinski definition) is 6. The minimum Gasteiger partial charge on any atom is -0.480 e. The smallest absolute Gasteiger partial charge is 0.331 e. The fourth-order valence-corrected chi connectivity index (χ4v) is 1.11. The fourth-order valence-electron chi connectivity index (χ4n) is 1.11. The maximum absolute atomic E-state index is 10.3. The van der Waals surface area contributed by atoms with Crippen LogP contribution in [0, 0.1) is 0 Å². The molecule has 0 saturated heterocycles. The van der Waals surface area contributed by atoms with E-state index < -0.39 is 36.2 Å². The molecule has 0 aliphatic carbocycles. The van der Waals surface area contributed by atoms with Gasteiger partial charge in [-0.05, 0) is 40.1 Å². The SMILES string of the molecule is CC=NC(C(=O)O)C(C)O.CC=NC(C(=O)O)C(C)O.[Fe]. The molecule has 0 aromatic rings. The summed E-state index contributed by atoms with van der Waals surface area (Å²) in [6, 6.07) is -2.05. The molecule has 0 rings (SSSR count). The topological polar surface area (TPSA) is 140 Å². The van der Waals surface area contributed by atoms with Crippen molar-refractivity contribution in [1.82, 2.24) is 0 Å². The van der Waals surface area contributed by atoms with Crippen LogP contribution in [0.25, 0.3) is 0 Å². The number of aliphatic hydroxyl groups is 2. The second kappa shape index (κ2) is 13.7. The van der Waals surface area contributed by atoms with Crippen LogP contribution < -0.4 is 0 Å². The Balaban J connectivity index is -0.000000295. The summed E-state index contributed by atoms with van der Waals surface area (Å²) >= 11 is 0. The number of carboxylic acid groups (broad SMARTS) is 2. The van der Waals surface area contributed by atoms with E-state index in [1.54, 1.807) is 13.8 Å². The molecule has 21 heavy (non-hydrogen) atoms. The van der Waals surface area contributed by atoms with Crippen molar-refractivity contribution in [3.8, 4) is 0 Å². The van der Waals surface area contributed by atoms with Gasteiger partial charge in [0.1, 0.15) is 0 Å². The van der Waals surface area contributed by atoms with E-state index in [0.717, 1.165) is 0 Å². The Morgan fingerprint density at radius 1 is 0.857 bits per heavy atom. The monoisotopic (exact) mass is 346 g/mol. The second-order valence-electron chi connectivity index (χ2n) is 3.86. The minimum atomic E-state index is -1.10. The zero-order chi connectivity index (χ0) is 16.3. The van der Waals surface area contributed by atoms with Crippen molar-refractivity contribution in [2.75, 3.05) is 0 Å². The predicted octanol–water partition coefficient (Wildman–Crippen LogP) is -0.180. The molecule has 124 valence electrons. The van der Waals surface area contributed by atoms with Crippen LogP contribution in [-0.2, 0) is 26.7 Å². The van der Waals surface area contributed by atoms with Gasteiger partial charge in [0.2, 0.25) is 0 Å². The van der Waals surface area contributed by atoms with Gasteiger partial charge >= 0.3 is 11.9 Å². The number of hydrogen-bond donors (Lipinski definition) is 4. The van der Waals surface area contributed by atoms with Crippen LogP contribution in [0.15, 0.2) is 9.98 Å². The molecule has 0 amide bonds. The summed E-state index contributed by atoms with van der Waals surface area (Å²) in [4.78, 5) is 27.6. The summed E-state index contributed by atoms with van der Waals surface area (Å²) in [5, 5.41) is 34.4. The van der Waals surface area contributed by atoms with E-state index in [1.807, 2.05) is 0 Å². The largest absolute Gasteiger partial charge is 0.480 e. The molecule has 8 nitrogen and oxygen atoms in total. The molecule has 0 aromatic heterocycles. The molecule has 9 heteroatoms. The first-order chi connectivity index (χ1) is 9.18. The molecule has 4 atom stereocenters. The van der Waals surface area contributed by atoms with E-state index >= 15 is 0 Å². The van der Waals surface area contributed by atoms with E-state index in [-0.39, 0.29) is 17.1 Å². The van der Waals surface area contributed by atoms with E-state index in [1.165, 1.54) is 26.3 Å². The Hall–Kier alpha value is -1.28. The van der Waals surface area contributed by atoms with Gasteiger partial charge in [-0.1, -0.05) is 0 Å². The Morgan fingerprint density at radius 3 is 1.14 bits per heavy atom. The molecular formula is C12H22FeN2O6. The molecule has 0 aliphatic heterocycles. The van der Waals surface area contributed by atoms with Crippen molar-refractivity contribution in [2.45, 2.75) is 52.0 Å². The summed E-state index contributed by atoms with van der Waals surface area (Å²) in [6.45, 7) is 6.01. The van der Waals surface area contributed by atoms with Crippen molar-refractivity contribution in [3.05, 3.63) is 0 Å². The van der Waals surface area contributed by atoms with Crippen molar-refractivity contribution in [2.24, 2.45) is 9.98 Å². The van der Waals surface area contributed by atoms with Crippen LogP contribution in [0.1, 0.15) is 27.7 Å². The van der Waals surface area contributed by atoms with Gasteiger partial charge in [0.05, 0.1) is 12.2 Å². The summed E-state index contributed by atoms with van der Waals surface area (Å²) in [5.74, 6) is -2.21. The van der Waals surface area contributed by atoms with E-state index in [9.17, 15) is 9.59 Å². The third kappa shape index (κ3) is 12.2. The first-order valence-electron chi connectivity index (χ1n) is 5.96. The average molecular weight is 346 g/mol. The summed E-state index contributed by atoms with van der Waals surface area (Å²) < 4.78 is 0. The van der Waals surface area contributed by atoms with Gasteiger partial charge in [-0.25, -0.2) is 9.59 Å². The third-order valence-electron chi connectivity index (χ3n) is 2.04. The van der Waals surface area contributed by atoms with Gasteiger partial charge in [0, 0.05) is 17.1 Å².